The van der Waals surface area contributed by atoms with Gasteiger partial charge in [0.1, 0.15) is 0 Å². The number of carboxylic acids is 1. The van der Waals surface area contributed by atoms with E-state index in [-0.39, 0.29) is 5.41 Å². The highest BCUT2D eigenvalue weighted by Crippen LogP contribution is 2.24. The second-order valence-electron chi connectivity index (χ2n) is 6.55. The summed E-state index contributed by atoms with van der Waals surface area (Å²) in [5, 5.41) is 12.2. The van der Waals surface area contributed by atoms with E-state index in [1.165, 1.54) is 0 Å². The summed E-state index contributed by atoms with van der Waals surface area (Å²) in [6.45, 7) is 13.7. The zero-order chi connectivity index (χ0) is 13.0. The van der Waals surface area contributed by atoms with Gasteiger partial charge >= 0.3 is 5.97 Å². The fraction of sp³-hybridized carbons (Fsp3) is 0.923. The highest BCUT2D eigenvalue weighted by Gasteiger charge is 2.27. The Balaban J connectivity index is 4.02. The smallest absolute Gasteiger partial charge is 0.310 e. The van der Waals surface area contributed by atoms with Crippen molar-refractivity contribution in [1.29, 1.82) is 0 Å². The van der Waals surface area contributed by atoms with Gasteiger partial charge in [-0.25, -0.2) is 0 Å². The second-order valence-corrected chi connectivity index (χ2v) is 6.55. The number of rotatable bonds is 7. The molecule has 0 aliphatic heterocycles. The molecule has 0 unspecified atom stereocenters. The van der Waals surface area contributed by atoms with Gasteiger partial charge in [-0.05, 0) is 31.6 Å². The molecule has 0 aliphatic rings. The van der Waals surface area contributed by atoms with E-state index in [0.29, 0.717) is 12.5 Å². The van der Waals surface area contributed by atoms with Crippen LogP contribution < -0.4 is 5.32 Å². The van der Waals surface area contributed by atoms with E-state index in [1.807, 2.05) is 0 Å². The largest absolute Gasteiger partial charge is 0.481 e. The van der Waals surface area contributed by atoms with Crippen molar-refractivity contribution in [2.45, 2.75) is 48.0 Å². The molecule has 3 heteroatoms. The molecule has 0 atom stereocenters. The molecule has 0 spiro atoms. The number of carboxylic acid groups (broad SMARTS) is 1. The summed E-state index contributed by atoms with van der Waals surface area (Å²) in [5.74, 6) is -0.0778. The van der Waals surface area contributed by atoms with Crippen molar-refractivity contribution in [3.63, 3.8) is 0 Å². The van der Waals surface area contributed by atoms with Crippen LogP contribution in [0.25, 0.3) is 0 Å². The molecule has 16 heavy (non-hydrogen) atoms. The highest BCUT2D eigenvalue weighted by atomic mass is 16.4. The summed E-state index contributed by atoms with van der Waals surface area (Å²) in [6.07, 6.45) is 1.15. The molecule has 0 rings (SSSR count). The lowest BCUT2D eigenvalue weighted by Gasteiger charge is -2.29. The van der Waals surface area contributed by atoms with Crippen LogP contribution >= 0.6 is 0 Å². The molecule has 2 N–H and O–H groups in total. The van der Waals surface area contributed by atoms with Crippen molar-refractivity contribution < 1.29 is 9.90 Å². The van der Waals surface area contributed by atoms with Crippen LogP contribution in [0.5, 0.6) is 0 Å². The molecule has 0 fully saturated rings. The molecule has 0 radical (unpaired) electrons. The summed E-state index contributed by atoms with van der Waals surface area (Å²) >= 11 is 0. The van der Waals surface area contributed by atoms with Crippen molar-refractivity contribution in [1.82, 2.24) is 5.32 Å². The molecule has 0 aromatic rings. The summed E-state index contributed by atoms with van der Waals surface area (Å²) < 4.78 is 0. The summed E-state index contributed by atoms with van der Waals surface area (Å²) in [4.78, 5) is 10.9. The fourth-order valence-electron chi connectivity index (χ4n) is 1.97. The highest BCUT2D eigenvalue weighted by molar-refractivity contribution is 5.73. The van der Waals surface area contributed by atoms with E-state index < -0.39 is 11.4 Å². The SMILES string of the molecule is CC(C)CC(C)(C)CNCC(C)(C)C(=O)O. The number of hydrogen-bond donors (Lipinski definition) is 2. The Hall–Kier alpha value is -0.570. The van der Waals surface area contributed by atoms with E-state index in [1.54, 1.807) is 13.8 Å². The van der Waals surface area contributed by atoms with Crippen LogP contribution in [0.3, 0.4) is 0 Å². The monoisotopic (exact) mass is 229 g/mol. The summed E-state index contributed by atoms with van der Waals surface area (Å²) in [6, 6.07) is 0. The normalized spacial score (nSPS) is 13.2. The van der Waals surface area contributed by atoms with E-state index in [4.69, 9.17) is 5.11 Å². The van der Waals surface area contributed by atoms with Gasteiger partial charge in [-0.2, -0.15) is 0 Å². The van der Waals surface area contributed by atoms with Gasteiger partial charge < -0.3 is 10.4 Å². The summed E-state index contributed by atoms with van der Waals surface area (Å²) in [5.41, 5.74) is -0.462. The minimum absolute atomic E-state index is 0.225. The predicted octanol–water partition coefficient (Wildman–Crippen LogP) is 2.76. The van der Waals surface area contributed by atoms with Crippen LogP contribution in [-0.4, -0.2) is 24.2 Å². The maximum Gasteiger partial charge on any atom is 0.310 e. The second kappa shape index (κ2) is 5.67. The zero-order valence-corrected chi connectivity index (χ0v) is 11.6. The minimum atomic E-state index is -0.748. The first-order valence-corrected chi connectivity index (χ1v) is 6.01. The average molecular weight is 229 g/mol. The van der Waals surface area contributed by atoms with Gasteiger partial charge in [0.2, 0.25) is 0 Å². The van der Waals surface area contributed by atoms with Crippen LogP contribution in [0.15, 0.2) is 0 Å². The van der Waals surface area contributed by atoms with E-state index in [2.05, 4.69) is 33.0 Å². The molecule has 0 heterocycles. The summed E-state index contributed by atoms with van der Waals surface area (Å²) in [7, 11) is 0. The van der Waals surface area contributed by atoms with Gasteiger partial charge in [-0.15, -0.1) is 0 Å². The molecule has 0 aromatic heterocycles. The van der Waals surface area contributed by atoms with E-state index in [9.17, 15) is 4.79 Å². The molecule has 3 nitrogen and oxygen atoms in total. The first kappa shape index (κ1) is 15.4. The van der Waals surface area contributed by atoms with Gasteiger partial charge in [-0.3, -0.25) is 4.79 Å². The molecule has 0 saturated carbocycles. The first-order chi connectivity index (χ1) is 7.07. The Bertz CT molecular complexity index is 232. The van der Waals surface area contributed by atoms with Crippen LogP contribution in [0.2, 0.25) is 0 Å². The van der Waals surface area contributed by atoms with Crippen molar-refractivity contribution >= 4 is 5.97 Å². The lowest BCUT2D eigenvalue weighted by atomic mass is 9.83. The number of nitrogens with one attached hydrogen (secondary N) is 1. The standard InChI is InChI=1S/C13H27NO2/c1-10(2)7-12(3,4)8-14-9-13(5,6)11(15)16/h10,14H,7-9H2,1-6H3,(H,15,16). The predicted molar refractivity (Wildman–Crippen MR) is 67.5 cm³/mol. The van der Waals surface area contributed by atoms with E-state index in [0.717, 1.165) is 13.0 Å². The lowest BCUT2D eigenvalue weighted by Crippen LogP contribution is -2.40. The van der Waals surface area contributed by atoms with Crippen molar-refractivity contribution in [2.75, 3.05) is 13.1 Å². The average Bonchev–Trinajstić information content (AvgIpc) is 1.99. The fourth-order valence-corrected chi connectivity index (χ4v) is 1.97. The van der Waals surface area contributed by atoms with Crippen molar-refractivity contribution in [2.24, 2.45) is 16.7 Å². The van der Waals surface area contributed by atoms with Gasteiger partial charge in [0.05, 0.1) is 5.41 Å². The van der Waals surface area contributed by atoms with Crippen LogP contribution in [0, 0.1) is 16.7 Å². The third kappa shape index (κ3) is 6.11. The molecule has 0 bridgehead atoms. The van der Waals surface area contributed by atoms with Crippen LogP contribution in [0.1, 0.15) is 48.0 Å². The Labute approximate surface area is 99.6 Å². The quantitative estimate of drug-likeness (QED) is 0.705. The molecule has 0 amide bonds. The maximum atomic E-state index is 10.9. The Morgan fingerprint density at radius 2 is 1.69 bits per heavy atom. The van der Waals surface area contributed by atoms with Crippen molar-refractivity contribution in [3.8, 4) is 0 Å². The molecule has 0 aliphatic carbocycles. The van der Waals surface area contributed by atoms with Crippen molar-refractivity contribution in [3.05, 3.63) is 0 Å². The number of aliphatic carboxylic acids is 1. The van der Waals surface area contributed by atoms with E-state index >= 15 is 0 Å². The molecular formula is C13H27NO2. The van der Waals surface area contributed by atoms with Gasteiger partial charge in [0, 0.05) is 13.1 Å². The topological polar surface area (TPSA) is 49.3 Å². The molecular weight excluding hydrogens is 202 g/mol. The van der Waals surface area contributed by atoms with Gasteiger partial charge in [0.25, 0.3) is 0 Å². The first-order valence-electron chi connectivity index (χ1n) is 6.01. The third-order valence-electron chi connectivity index (χ3n) is 2.71. The van der Waals surface area contributed by atoms with Crippen LogP contribution in [0.4, 0.5) is 0 Å². The number of carbonyl (C=O) groups is 1. The lowest BCUT2D eigenvalue weighted by molar-refractivity contribution is -0.146. The number of hydrogen-bond acceptors (Lipinski definition) is 2. The van der Waals surface area contributed by atoms with Crippen LogP contribution in [-0.2, 0) is 4.79 Å². The zero-order valence-electron chi connectivity index (χ0n) is 11.6. The molecule has 0 saturated heterocycles. The minimum Gasteiger partial charge on any atom is -0.481 e. The van der Waals surface area contributed by atoms with Gasteiger partial charge in [0.15, 0.2) is 0 Å². The Morgan fingerprint density at radius 1 is 1.19 bits per heavy atom. The third-order valence-corrected chi connectivity index (χ3v) is 2.71. The Morgan fingerprint density at radius 3 is 2.06 bits per heavy atom. The molecule has 96 valence electrons. The Kier molecular flexibility index (Phi) is 5.47. The molecule has 0 aromatic carbocycles. The maximum absolute atomic E-state index is 10.9. The van der Waals surface area contributed by atoms with Gasteiger partial charge in [-0.1, -0.05) is 27.7 Å².